The molecule has 102 valence electrons. The van der Waals surface area contributed by atoms with Crippen molar-refractivity contribution in [3.05, 3.63) is 35.9 Å². The molecule has 1 N–H and O–H groups in total. The molecule has 0 spiro atoms. The van der Waals surface area contributed by atoms with Crippen molar-refractivity contribution in [3.63, 3.8) is 0 Å². The summed E-state index contributed by atoms with van der Waals surface area (Å²) in [6.45, 7) is 2.35. The van der Waals surface area contributed by atoms with E-state index in [1.54, 1.807) is 11.0 Å². The van der Waals surface area contributed by atoms with E-state index in [0.29, 0.717) is 17.9 Å². The van der Waals surface area contributed by atoms with E-state index in [1.807, 2.05) is 31.2 Å². The van der Waals surface area contributed by atoms with E-state index in [9.17, 15) is 10.1 Å². The smallest absolute Gasteiger partial charge is 0.323 e. The monoisotopic (exact) mass is 269 g/mol. The summed E-state index contributed by atoms with van der Waals surface area (Å²) in [4.78, 5) is 17.1. The highest BCUT2D eigenvalue weighted by molar-refractivity contribution is 5.84. The molecule has 2 aromatic rings. The van der Waals surface area contributed by atoms with Gasteiger partial charge in [-0.3, -0.25) is 4.79 Å². The highest BCUT2D eigenvalue weighted by atomic mass is 16.4. The predicted molar refractivity (Wildman–Crippen MR) is 76.6 cm³/mol. The average Bonchev–Trinajstić information content (AvgIpc) is 2.45. The van der Waals surface area contributed by atoms with Gasteiger partial charge in [0.25, 0.3) is 0 Å². The lowest BCUT2D eigenvalue weighted by molar-refractivity contribution is -0.135. The van der Waals surface area contributed by atoms with Crippen LogP contribution in [-0.4, -0.2) is 29.1 Å². The molecule has 0 aliphatic carbocycles. The van der Waals surface area contributed by atoms with Crippen LogP contribution in [0.25, 0.3) is 10.9 Å². The summed E-state index contributed by atoms with van der Waals surface area (Å²) in [5, 5.41) is 19.1. The number of carboxylic acid groups (broad SMARTS) is 1. The molecule has 0 unspecified atom stereocenters. The molecule has 0 aliphatic rings. The lowest BCUT2D eigenvalue weighted by atomic mass is 10.1. The topological polar surface area (TPSA) is 77.2 Å². The van der Waals surface area contributed by atoms with Gasteiger partial charge in [0.05, 0.1) is 11.1 Å². The van der Waals surface area contributed by atoms with Gasteiger partial charge in [0.15, 0.2) is 0 Å². The molecule has 0 fully saturated rings. The van der Waals surface area contributed by atoms with Gasteiger partial charge in [0.2, 0.25) is 0 Å². The third-order valence-corrected chi connectivity index (χ3v) is 2.94. The summed E-state index contributed by atoms with van der Waals surface area (Å²) in [6, 6.07) is 11.3. The zero-order chi connectivity index (χ0) is 14.5. The van der Waals surface area contributed by atoms with Gasteiger partial charge in [-0.1, -0.05) is 25.1 Å². The number of aliphatic carboxylic acids is 1. The number of para-hydroxylation sites is 1. The minimum atomic E-state index is -0.933. The Morgan fingerprint density at radius 2 is 2.20 bits per heavy atom. The van der Waals surface area contributed by atoms with Gasteiger partial charge in [-0.25, -0.2) is 4.98 Å². The fraction of sp³-hybridized carbons (Fsp3) is 0.267. The number of hydrogen-bond acceptors (Lipinski definition) is 4. The Balaban J connectivity index is 2.54. The molecule has 1 aromatic heterocycles. The van der Waals surface area contributed by atoms with Gasteiger partial charge in [-0.2, -0.15) is 5.26 Å². The fourth-order valence-electron chi connectivity index (χ4n) is 2.12. The molecule has 20 heavy (non-hydrogen) atoms. The van der Waals surface area contributed by atoms with Crippen LogP contribution in [0.3, 0.4) is 0 Å². The molecule has 0 bridgehead atoms. The molecule has 0 radical (unpaired) electrons. The number of carbonyl (C=O) groups is 1. The second kappa shape index (κ2) is 6.02. The number of hydrogen-bond donors (Lipinski definition) is 1. The first-order valence-electron chi connectivity index (χ1n) is 6.42. The van der Waals surface area contributed by atoms with Gasteiger partial charge in [-0.05, 0) is 18.6 Å². The highest BCUT2D eigenvalue weighted by Gasteiger charge is 2.16. The second-order valence-electron chi connectivity index (χ2n) is 4.48. The van der Waals surface area contributed by atoms with Crippen molar-refractivity contribution in [2.24, 2.45) is 0 Å². The van der Waals surface area contributed by atoms with E-state index in [-0.39, 0.29) is 6.54 Å². The van der Waals surface area contributed by atoms with E-state index in [1.165, 1.54) is 0 Å². The molecule has 0 saturated carbocycles. The molecule has 5 nitrogen and oxygen atoms in total. The summed E-state index contributed by atoms with van der Waals surface area (Å²) in [6.07, 6.45) is 0.784. The number of aromatic nitrogens is 1. The van der Waals surface area contributed by atoms with E-state index in [4.69, 9.17) is 5.11 Å². The Kier molecular flexibility index (Phi) is 4.16. The van der Waals surface area contributed by atoms with Gasteiger partial charge in [-0.15, -0.1) is 0 Å². The lowest BCUT2D eigenvalue weighted by Gasteiger charge is -2.22. The number of anilines is 1. The third-order valence-electron chi connectivity index (χ3n) is 2.94. The van der Waals surface area contributed by atoms with Crippen LogP contribution in [0.4, 0.5) is 5.82 Å². The molecule has 0 aliphatic heterocycles. The molecule has 0 saturated heterocycles. The fourth-order valence-corrected chi connectivity index (χ4v) is 2.12. The second-order valence-corrected chi connectivity index (χ2v) is 4.48. The summed E-state index contributed by atoms with van der Waals surface area (Å²) in [7, 11) is 0. The zero-order valence-corrected chi connectivity index (χ0v) is 11.2. The minimum absolute atomic E-state index is 0.159. The number of rotatable bonds is 5. The van der Waals surface area contributed by atoms with Crippen molar-refractivity contribution in [3.8, 4) is 6.07 Å². The first-order chi connectivity index (χ1) is 9.65. The first-order valence-corrected chi connectivity index (χ1v) is 6.42. The minimum Gasteiger partial charge on any atom is -0.480 e. The van der Waals surface area contributed by atoms with Crippen LogP contribution in [0.5, 0.6) is 0 Å². The summed E-state index contributed by atoms with van der Waals surface area (Å²) in [5.41, 5.74) is 1.16. The van der Waals surface area contributed by atoms with Crippen molar-refractivity contribution in [1.82, 2.24) is 4.98 Å². The number of nitriles is 1. The number of pyridine rings is 1. The summed E-state index contributed by atoms with van der Waals surface area (Å²) >= 11 is 0. The Labute approximate surface area is 117 Å². The molecular formula is C15H15N3O2. The van der Waals surface area contributed by atoms with Crippen molar-refractivity contribution in [2.75, 3.05) is 18.0 Å². The van der Waals surface area contributed by atoms with E-state index in [0.717, 1.165) is 17.3 Å². The van der Waals surface area contributed by atoms with Gasteiger partial charge < -0.3 is 10.0 Å². The standard InChI is InChI=1S/C15H15N3O2/c1-2-7-18(10-14(19)20)15-12(9-16)8-11-5-3-4-6-13(11)17-15/h3-6,8H,2,7,10H2,1H3,(H,19,20). The Bertz CT molecular complexity index is 676. The van der Waals surface area contributed by atoms with Crippen LogP contribution in [0.1, 0.15) is 18.9 Å². The number of fused-ring (bicyclic) bond motifs is 1. The Morgan fingerprint density at radius 1 is 1.45 bits per heavy atom. The van der Waals surface area contributed by atoms with E-state index >= 15 is 0 Å². The molecule has 0 amide bonds. The van der Waals surface area contributed by atoms with Crippen LogP contribution >= 0.6 is 0 Å². The van der Waals surface area contributed by atoms with Crippen molar-refractivity contribution < 1.29 is 9.90 Å². The maximum absolute atomic E-state index is 11.0. The molecule has 5 heteroatoms. The largest absolute Gasteiger partial charge is 0.480 e. The maximum Gasteiger partial charge on any atom is 0.323 e. The van der Waals surface area contributed by atoms with Crippen molar-refractivity contribution >= 4 is 22.7 Å². The number of benzene rings is 1. The van der Waals surface area contributed by atoms with Crippen LogP contribution in [0.2, 0.25) is 0 Å². The maximum atomic E-state index is 11.0. The first kappa shape index (κ1) is 13.8. The average molecular weight is 269 g/mol. The van der Waals surface area contributed by atoms with Crippen LogP contribution in [0, 0.1) is 11.3 Å². The molecule has 1 aromatic carbocycles. The third kappa shape index (κ3) is 2.86. The zero-order valence-electron chi connectivity index (χ0n) is 11.2. The lowest BCUT2D eigenvalue weighted by Crippen LogP contribution is -2.31. The van der Waals surface area contributed by atoms with Gasteiger partial charge in [0, 0.05) is 11.9 Å². The molecule has 2 rings (SSSR count). The number of carboxylic acids is 1. The quantitative estimate of drug-likeness (QED) is 0.901. The van der Waals surface area contributed by atoms with Crippen LogP contribution < -0.4 is 4.90 Å². The van der Waals surface area contributed by atoms with Crippen LogP contribution in [-0.2, 0) is 4.79 Å². The van der Waals surface area contributed by atoms with E-state index in [2.05, 4.69) is 11.1 Å². The molecular weight excluding hydrogens is 254 g/mol. The molecule has 0 atom stereocenters. The highest BCUT2D eigenvalue weighted by Crippen LogP contribution is 2.23. The summed E-state index contributed by atoms with van der Waals surface area (Å²) < 4.78 is 0. The normalized spacial score (nSPS) is 10.2. The van der Waals surface area contributed by atoms with Crippen LogP contribution in [0.15, 0.2) is 30.3 Å². The Hall–Kier alpha value is -2.61. The predicted octanol–water partition coefficient (Wildman–Crippen LogP) is 2.41. The van der Waals surface area contributed by atoms with Crippen molar-refractivity contribution in [1.29, 1.82) is 5.26 Å². The number of nitrogens with zero attached hydrogens (tertiary/aromatic N) is 3. The van der Waals surface area contributed by atoms with Gasteiger partial charge >= 0.3 is 5.97 Å². The molecule has 1 heterocycles. The van der Waals surface area contributed by atoms with E-state index < -0.39 is 5.97 Å². The van der Waals surface area contributed by atoms with Crippen molar-refractivity contribution in [2.45, 2.75) is 13.3 Å². The Morgan fingerprint density at radius 3 is 2.85 bits per heavy atom. The summed E-state index contributed by atoms with van der Waals surface area (Å²) in [5.74, 6) is -0.493. The SMILES string of the molecule is CCCN(CC(=O)O)c1nc2ccccc2cc1C#N. The van der Waals surface area contributed by atoms with Gasteiger partial charge in [0.1, 0.15) is 18.4 Å².